The summed E-state index contributed by atoms with van der Waals surface area (Å²) >= 11 is 1.71. The van der Waals surface area contributed by atoms with E-state index in [9.17, 15) is 4.79 Å². The number of unbranched alkanes of at least 4 members (excludes halogenated alkanes) is 4. The minimum Gasteiger partial charge on any atom is -0.479 e. The fourth-order valence-electron chi connectivity index (χ4n) is 2.65. The summed E-state index contributed by atoms with van der Waals surface area (Å²) in [5, 5.41) is 0.822. The van der Waals surface area contributed by atoms with E-state index in [1.807, 2.05) is 36.7 Å². The first-order valence-electron chi connectivity index (χ1n) is 10.0. The van der Waals surface area contributed by atoms with Gasteiger partial charge in [0, 0.05) is 23.7 Å². The zero-order chi connectivity index (χ0) is 20.2. The zero-order valence-corrected chi connectivity index (χ0v) is 17.8. The van der Waals surface area contributed by atoms with Crippen LogP contribution in [0.1, 0.15) is 52.9 Å². The Morgan fingerprint density at radius 1 is 1.00 bits per heavy atom. The van der Waals surface area contributed by atoms with Gasteiger partial charge >= 0.3 is 5.97 Å². The molecule has 28 heavy (non-hydrogen) atoms. The standard InChI is InChI=1S/C22H30N2O3S/c1-4-6-7-8-9-14-28-22-23-15-19(16-24-22)18-10-12-20(13-11-18)27-17(3)21(25)26-5-2/h10-13,15-17H,4-9,14H2,1-3H3/t17-/m1/s1. The van der Waals surface area contributed by atoms with Crippen molar-refractivity contribution in [3.8, 4) is 16.9 Å². The summed E-state index contributed by atoms with van der Waals surface area (Å²) in [5.41, 5.74) is 1.96. The van der Waals surface area contributed by atoms with Crippen LogP contribution in [-0.4, -0.2) is 34.4 Å². The van der Waals surface area contributed by atoms with Gasteiger partial charge in [-0.2, -0.15) is 0 Å². The van der Waals surface area contributed by atoms with E-state index >= 15 is 0 Å². The predicted molar refractivity (Wildman–Crippen MR) is 114 cm³/mol. The van der Waals surface area contributed by atoms with Crippen molar-refractivity contribution < 1.29 is 14.3 Å². The molecule has 0 aliphatic carbocycles. The van der Waals surface area contributed by atoms with Crippen molar-refractivity contribution in [2.75, 3.05) is 12.4 Å². The normalized spacial score (nSPS) is 11.8. The van der Waals surface area contributed by atoms with Crippen LogP contribution in [0.2, 0.25) is 0 Å². The number of carbonyl (C=O) groups is 1. The van der Waals surface area contributed by atoms with E-state index in [1.165, 1.54) is 32.1 Å². The molecule has 1 aromatic carbocycles. The van der Waals surface area contributed by atoms with Crippen LogP contribution in [-0.2, 0) is 9.53 Å². The number of rotatable bonds is 12. The van der Waals surface area contributed by atoms with Gasteiger partial charge in [0.2, 0.25) is 0 Å². The summed E-state index contributed by atoms with van der Waals surface area (Å²) in [7, 11) is 0. The molecule has 1 atom stereocenters. The summed E-state index contributed by atoms with van der Waals surface area (Å²) in [6.45, 7) is 6.03. The van der Waals surface area contributed by atoms with Gasteiger partial charge in [0.1, 0.15) is 5.75 Å². The highest BCUT2D eigenvalue weighted by Crippen LogP contribution is 2.23. The maximum atomic E-state index is 11.6. The number of ether oxygens (including phenoxy) is 2. The number of thioether (sulfide) groups is 1. The second-order valence-electron chi connectivity index (χ2n) is 6.55. The highest BCUT2D eigenvalue weighted by atomic mass is 32.2. The van der Waals surface area contributed by atoms with E-state index in [1.54, 1.807) is 25.6 Å². The highest BCUT2D eigenvalue weighted by molar-refractivity contribution is 7.99. The summed E-state index contributed by atoms with van der Waals surface area (Å²) in [5.74, 6) is 1.33. The lowest BCUT2D eigenvalue weighted by Crippen LogP contribution is -2.25. The molecular weight excluding hydrogens is 372 g/mol. The lowest BCUT2D eigenvalue weighted by atomic mass is 10.1. The monoisotopic (exact) mass is 402 g/mol. The smallest absolute Gasteiger partial charge is 0.347 e. The van der Waals surface area contributed by atoms with E-state index in [0.29, 0.717) is 12.4 Å². The third-order valence-electron chi connectivity index (χ3n) is 4.23. The Bertz CT molecular complexity index is 705. The van der Waals surface area contributed by atoms with Gasteiger partial charge < -0.3 is 9.47 Å². The fraction of sp³-hybridized carbons (Fsp3) is 0.500. The van der Waals surface area contributed by atoms with Crippen LogP contribution in [0.5, 0.6) is 5.75 Å². The molecule has 0 spiro atoms. The number of esters is 1. The fourth-order valence-corrected chi connectivity index (χ4v) is 3.43. The van der Waals surface area contributed by atoms with E-state index in [-0.39, 0.29) is 5.97 Å². The molecule has 6 heteroatoms. The molecule has 0 saturated heterocycles. The Kier molecular flexibility index (Phi) is 9.83. The molecule has 152 valence electrons. The average Bonchev–Trinajstić information content (AvgIpc) is 2.72. The third-order valence-corrected chi connectivity index (χ3v) is 5.19. The van der Waals surface area contributed by atoms with Gasteiger partial charge in [-0.3, -0.25) is 0 Å². The van der Waals surface area contributed by atoms with E-state index < -0.39 is 6.10 Å². The number of benzene rings is 1. The van der Waals surface area contributed by atoms with E-state index in [0.717, 1.165) is 22.0 Å². The molecule has 0 fully saturated rings. The minimum atomic E-state index is -0.632. The predicted octanol–water partition coefficient (Wildman–Crippen LogP) is 5.54. The number of nitrogens with zero attached hydrogens (tertiary/aromatic N) is 2. The first-order chi connectivity index (χ1) is 13.6. The molecular formula is C22H30N2O3S. The maximum absolute atomic E-state index is 11.6. The average molecular weight is 403 g/mol. The van der Waals surface area contributed by atoms with Crippen LogP contribution in [0.15, 0.2) is 41.8 Å². The molecule has 0 bridgehead atoms. The second-order valence-corrected chi connectivity index (χ2v) is 7.62. The van der Waals surface area contributed by atoms with Crippen molar-refractivity contribution in [3.05, 3.63) is 36.7 Å². The number of hydrogen-bond acceptors (Lipinski definition) is 6. The molecule has 5 nitrogen and oxygen atoms in total. The van der Waals surface area contributed by atoms with Crippen LogP contribution in [0.4, 0.5) is 0 Å². The Labute approximate surface area is 172 Å². The quantitative estimate of drug-likeness (QED) is 0.201. The SMILES string of the molecule is CCCCCCCSc1ncc(-c2ccc(O[C@H](C)C(=O)OCC)cc2)cn1. The molecule has 0 saturated carbocycles. The minimum absolute atomic E-state index is 0.346. The van der Waals surface area contributed by atoms with Gasteiger partial charge in [0.25, 0.3) is 0 Å². The molecule has 0 unspecified atom stereocenters. The Morgan fingerprint density at radius 2 is 1.68 bits per heavy atom. The van der Waals surface area contributed by atoms with E-state index in [2.05, 4.69) is 16.9 Å². The zero-order valence-electron chi connectivity index (χ0n) is 17.0. The van der Waals surface area contributed by atoms with Crippen LogP contribution in [0.3, 0.4) is 0 Å². The molecule has 2 aromatic rings. The van der Waals surface area contributed by atoms with Crippen molar-refractivity contribution in [2.24, 2.45) is 0 Å². The molecule has 0 aliphatic heterocycles. The van der Waals surface area contributed by atoms with E-state index in [4.69, 9.17) is 9.47 Å². The highest BCUT2D eigenvalue weighted by Gasteiger charge is 2.15. The second kappa shape index (κ2) is 12.4. The Balaban J connectivity index is 1.84. The number of hydrogen-bond donors (Lipinski definition) is 0. The van der Waals surface area contributed by atoms with Gasteiger partial charge in [-0.25, -0.2) is 14.8 Å². The first kappa shape index (κ1) is 22.2. The maximum Gasteiger partial charge on any atom is 0.347 e. The van der Waals surface area contributed by atoms with Crippen molar-refractivity contribution in [1.29, 1.82) is 0 Å². The Morgan fingerprint density at radius 3 is 2.32 bits per heavy atom. The molecule has 2 rings (SSSR count). The van der Waals surface area contributed by atoms with Gasteiger partial charge in [-0.15, -0.1) is 0 Å². The van der Waals surface area contributed by atoms with Crippen molar-refractivity contribution in [3.63, 3.8) is 0 Å². The molecule has 1 heterocycles. The Hall–Kier alpha value is -2.08. The van der Waals surface area contributed by atoms with Crippen molar-refractivity contribution >= 4 is 17.7 Å². The summed E-state index contributed by atoms with van der Waals surface area (Å²) in [6, 6.07) is 7.55. The van der Waals surface area contributed by atoms with Gasteiger partial charge in [-0.05, 0) is 38.0 Å². The molecule has 0 amide bonds. The van der Waals surface area contributed by atoms with Crippen LogP contribution < -0.4 is 4.74 Å². The largest absolute Gasteiger partial charge is 0.479 e. The molecule has 0 radical (unpaired) electrons. The number of aromatic nitrogens is 2. The summed E-state index contributed by atoms with van der Waals surface area (Å²) in [4.78, 5) is 20.6. The number of carbonyl (C=O) groups excluding carboxylic acids is 1. The van der Waals surface area contributed by atoms with Crippen LogP contribution in [0.25, 0.3) is 11.1 Å². The third kappa shape index (κ3) is 7.50. The van der Waals surface area contributed by atoms with Gasteiger partial charge in [0.15, 0.2) is 11.3 Å². The lowest BCUT2D eigenvalue weighted by molar-refractivity contribution is -0.150. The van der Waals surface area contributed by atoms with Crippen molar-refractivity contribution in [2.45, 2.75) is 64.1 Å². The summed E-state index contributed by atoms with van der Waals surface area (Å²) in [6.07, 6.45) is 9.47. The van der Waals surface area contributed by atoms with Gasteiger partial charge in [-0.1, -0.05) is 56.5 Å². The van der Waals surface area contributed by atoms with Gasteiger partial charge in [0.05, 0.1) is 6.61 Å². The van der Waals surface area contributed by atoms with Crippen LogP contribution in [0, 0.1) is 0 Å². The lowest BCUT2D eigenvalue weighted by Gasteiger charge is -2.13. The molecule has 1 aromatic heterocycles. The molecule has 0 aliphatic rings. The van der Waals surface area contributed by atoms with Crippen LogP contribution >= 0.6 is 11.8 Å². The summed E-state index contributed by atoms with van der Waals surface area (Å²) < 4.78 is 10.6. The topological polar surface area (TPSA) is 61.3 Å². The molecule has 0 N–H and O–H groups in total. The first-order valence-corrected chi connectivity index (χ1v) is 11.0. The van der Waals surface area contributed by atoms with Crippen molar-refractivity contribution in [1.82, 2.24) is 9.97 Å².